The molecule has 1 aromatic heterocycles. The Bertz CT molecular complexity index is 973. The van der Waals surface area contributed by atoms with E-state index in [4.69, 9.17) is 0 Å². The molecule has 0 bridgehead atoms. The van der Waals surface area contributed by atoms with Crippen molar-refractivity contribution in [1.82, 2.24) is 4.57 Å². The van der Waals surface area contributed by atoms with Gasteiger partial charge in [-0.3, -0.25) is 0 Å². The fourth-order valence-electron chi connectivity index (χ4n) is 4.18. The topological polar surface area (TPSA) is 42.2 Å². The number of halogens is 1. The molecule has 1 atom stereocenters. The number of aromatic nitrogens is 1. The molecular weight excluding hydrogens is 317 g/mol. The van der Waals surface area contributed by atoms with E-state index in [9.17, 15) is 14.3 Å². The first-order valence-corrected chi connectivity index (χ1v) is 8.68. The van der Waals surface area contributed by atoms with Crippen molar-refractivity contribution in [2.45, 2.75) is 38.6 Å². The number of carbonyl (C=O) groups is 1. The van der Waals surface area contributed by atoms with Crippen LogP contribution in [0, 0.1) is 5.82 Å². The highest BCUT2D eigenvalue weighted by atomic mass is 19.1. The highest BCUT2D eigenvalue weighted by molar-refractivity contribution is 6.04. The number of rotatable bonds is 3. The average Bonchev–Trinajstić information content (AvgIpc) is 2.92. The molecule has 0 fully saturated rings. The minimum Gasteiger partial charge on any atom is -0.478 e. The average molecular weight is 337 g/mol. The van der Waals surface area contributed by atoms with Gasteiger partial charge in [-0.1, -0.05) is 37.3 Å². The third-order valence-corrected chi connectivity index (χ3v) is 5.28. The largest absolute Gasteiger partial charge is 0.478 e. The minimum atomic E-state index is -0.942. The molecule has 0 radical (unpaired) electrons. The second-order valence-corrected chi connectivity index (χ2v) is 6.84. The highest BCUT2D eigenvalue weighted by Gasteiger charge is 2.27. The molecule has 1 N–H and O–H groups in total. The van der Waals surface area contributed by atoms with Crippen LogP contribution in [0.2, 0.25) is 0 Å². The molecule has 3 nitrogen and oxygen atoms in total. The molecule has 1 aliphatic carbocycles. The summed E-state index contributed by atoms with van der Waals surface area (Å²) in [6.07, 6.45) is 3.12. The number of aryl methyl sites for hydroxylation is 1. The monoisotopic (exact) mass is 337 g/mol. The van der Waals surface area contributed by atoms with E-state index in [-0.39, 0.29) is 11.4 Å². The fraction of sp³-hybridized carbons (Fsp3) is 0.286. The smallest absolute Gasteiger partial charge is 0.337 e. The van der Waals surface area contributed by atoms with Crippen molar-refractivity contribution in [1.29, 1.82) is 0 Å². The van der Waals surface area contributed by atoms with Crippen molar-refractivity contribution in [2.24, 2.45) is 0 Å². The maximum Gasteiger partial charge on any atom is 0.337 e. The third kappa shape index (κ3) is 2.53. The van der Waals surface area contributed by atoms with Crippen LogP contribution < -0.4 is 0 Å². The first-order valence-electron chi connectivity index (χ1n) is 8.68. The lowest BCUT2D eigenvalue weighted by atomic mass is 9.88. The summed E-state index contributed by atoms with van der Waals surface area (Å²) in [4.78, 5) is 11.8. The van der Waals surface area contributed by atoms with Gasteiger partial charge in [0.25, 0.3) is 0 Å². The zero-order chi connectivity index (χ0) is 17.6. The van der Waals surface area contributed by atoms with E-state index in [1.165, 1.54) is 17.3 Å². The van der Waals surface area contributed by atoms with Crippen molar-refractivity contribution in [2.75, 3.05) is 0 Å². The number of nitrogens with zero attached hydrogens (tertiary/aromatic N) is 1. The number of fused-ring (bicyclic) bond motifs is 3. The molecule has 4 heteroatoms. The van der Waals surface area contributed by atoms with E-state index in [0.29, 0.717) is 18.0 Å². The van der Waals surface area contributed by atoms with Gasteiger partial charge in [0.15, 0.2) is 0 Å². The second kappa shape index (κ2) is 6.03. The molecule has 128 valence electrons. The SMILES string of the molecule is CC1CCCc2c1n(Cc1ccccc1F)c1c(C(=O)O)cccc21. The Hall–Kier alpha value is -2.62. The van der Waals surface area contributed by atoms with Crippen LogP contribution in [-0.2, 0) is 13.0 Å². The van der Waals surface area contributed by atoms with Crippen LogP contribution in [0.1, 0.15) is 52.9 Å². The molecule has 1 unspecified atom stereocenters. The van der Waals surface area contributed by atoms with Gasteiger partial charge in [-0.15, -0.1) is 0 Å². The number of para-hydroxylation sites is 1. The van der Waals surface area contributed by atoms with E-state index in [0.717, 1.165) is 30.2 Å². The molecule has 0 amide bonds. The summed E-state index contributed by atoms with van der Waals surface area (Å²) in [6.45, 7) is 2.53. The van der Waals surface area contributed by atoms with E-state index in [2.05, 4.69) is 6.92 Å². The lowest BCUT2D eigenvalue weighted by molar-refractivity contribution is 0.0698. The number of benzene rings is 2. The Morgan fingerprint density at radius 2 is 2.04 bits per heavy atom. The molecule has 0 spiro atoms. The predicted octanol–water partition coefficient (Wildman–Crippen LogP) is 4.97. The van der Waals surface area contributed by atoms with Gasteiger partial charge in [0, 0.05) is 16.6 Å². The van der Waals surface area contributed by atoms with Gasteiger partial charge in [-0.05, 0) is 42.9 Å². The molecule has 2 aromatic carbocycles. The van der Waals surface area contributed by atoms with Crippen LogP contribution in [0.5, 0.6) is 0 Å². The number of hydrogen-bond donors (Lipinski definition) is 1. The quantitative estimate of drug-likeness (QED) is 0.733. The van der Waals surface area contributed by atoms with Gasteiger partial charge in [0.1, 0.15) is 5.82 Å². The molecule has 25 heavy (non-hydrogen) atoms. The Morgan fingerprint density at radius 3 is 2.80 bits per heavy atom. The van der Waals surface area contributed by atoms with Crippen LogP contribution in [0.4, 0.5) is 4.39 Å². The number of carboxylic acids is 1. The normalized spacial score (nSPS) is 16.8. The Labute approximate surface area is 145 Å². The first-order chi connectivity index (χ1) is 12.1. The molecule has 0 saturated heterocycles. The Morgan fingerprint density at radius 1 is 1.24 bits per heavy atom. The van der Waals surface area contributed by atoms with E-state index >= 15 is 0 Å². The summed E-state index contributed by atoms with van der Waals surface area (Å²) in [5, 5.41) is 10.7. The summed E-state index contributed by atoms with van der Waals surface area (Å²) in [5.74, 6) is -0.859. The van der Waals surface area contributed by atoms with Crippen LogP contribution >= 0.6 is 0 Å². The number of carboxylic acid groups (broad SMARTS) is 1. The number of aromatic carboxylic acids is 1. The molecule has 0 aliphatic heterocycles. The van der Waals surface area contributed by atoms with Crippen molar-refractivity contribution >= 4 is 16.9 Å². The fourth-order valence-corrected chi connectivity index (χ4v) is 4.18. The van der Waals surface area contributed by atoms with Gasteiger partial charge in [0.05, 0.1) is 17.6 Å². The van der Waals surface area contributed by atoms with Crippen molar-refractivity contribution in [3.63, 3.8) is 0 Å². The van der Waals surface area contributed by atoms with Gasteiger partial charge in [0.2, 0.25) is 0 Å². The molecule has 1 aliphatic rings. The van der Waals surface area contributed by atoms with Gasteiger partial charge < -0.3 is 9.67 Å². The Kier molecular flexibility index (Phi) is 3.83. The summed E-state index contributed by atoms with van der Waals surface area (Å²) in [7, 11) is 0. The summed E-state index contributed by atoms with van der Waals surface area (Å²) < 4.78 is 16.3. The lowest BCUT2D eigenvalue weighted by Crippen LogP contribution is -2.14. The van der Waals surface area contributed by atoms with E-state index in [1.54, 1.807) is 24.3 Å². The van der Waals surface area contributed by atoms with Crippen LogP contribution in [0.25, 0.3) is 10.9 Å². The van der Waals surface area contributed by atoms with Crippen molar-refractivity contribution in [3.05, 3.63) is 70.7 Å². The maximum atomic E-state index is 14.2. The highest BCUT2D eigenvalue weighted by Crippen LogP contribution is 2.40. The van der Waals surface area contributed by atoms with Gasteiger partial charge in [-0.2, -0.15) is 0 Å². The predicted molar refractivity (Wildman–Crippen MR) is 95.8 cm³/mol. The Balaban J connectivity index is 2.02. The van der Waals surface area contributed by atoms with Crippen LogP contribution in [-0.4, -0.2) is 15.6 Å². The molecule has 4 rings (SSSR count). The zero-order valence-electron chi connectivity index (χ0n) is 14.1. The maximum absolute atomic E-state index is 14.2. The van der Waals surface area contributed by atoms with E-state index in [1.807, 2.05) is 16.7 Å². The molecule has 3 aromatic rings. The van der Waals surface area contributed by atoms with E-state index < -0.39 is 5.97 Å². The number of hydrogen-bond acceptors (Lipinski definition) is 1. The van der Waals surface area contributed by atoms with Crippen LogP contribution in [0.3, 0.4) is 0 Å². The van der Waals surface area contributed by atoms with Gasteiger partial charge >= 0.3 is 5.97 Å². The summed E-state index contributed by atoms with van der Waals surface area (Å²) in [6, 6.07) is 12.2. The second-order valence-electron chi connectivity index (χ2n) is 6.84. The molecular formula is C21H20FNO2. The van der Waals surface area contributed by atoms with Crippen molar-refractivity contribution < 1.29 is 14.3 Å². The molecule has 0 saturated carbocycles. The first kappa shape index (κ1) is 15.9. The van der Waals surface area contributed by atoms with Crippen molar-refractivity contribution in [3.8, 4) is 0 Å². The third-order valence-electron chi connectivity index (χ3n) is 5.28. The summed E-state index contributed by atoms with van der Waals surface area (Å²) in [5.41, 5.74) is 3.99. The minimum absolute atomic E-state index is 0.255. The standard InChI is InChI=1S/C21H20FNO2/c1-13-6-4-8-15-16-9-5-10-17(21(24)25)20(16)23(19(13)15)12-14-7-2-3-11-18(14)22/h2-3,5,7,9-11,13H,4,6,8,12H2,1H3,(H,24,25). The molecule has 1 heterocycles. The van der Waals surface area contributed by atoms with Gasteiger partial charge in [-0.25, -0.2) is 9.18 Å². The zero-order valence-corrected chi connectivity index (χ0v) is 14.1. The van der Waals surface area contributed by atoms with Crippen LogP contribution in [0.15, 0.2) is 42.5 Å². The summed E-state index contributed by atoms with van der Waals surface area (Å²) >= 11 is 0. The lowest BCUT2D eigenvalue weighted by Gasteiger charge is -2.23.